The van der Waals surface area contributed by atoms with Crippen LogP contribution in [0.15, 0.2) is 12.7 Å². The minimum absolute atomic E-state index is 0.172. The molecule has 13 heteroatoms. The average Bonchev–Trinajstić information content (AvgIpc) is 3.21. The van der Waals surface area contributed by atoms with E-state index in [1.807, 2.05) is 0 Å². The summed E-state index contributed by atoms with van der Waals surface area (Å²) >= 11 is 0. The molecule has 1 fully saturated rings. The fourth-order valence-electron chi connectivity index (χ4n) is 2.86. The van der Waals surface area contributed by atoms with E-state index in [9.17, 15) is 14.6 Å². The third-order valence-electron chi connectivity index (χ3n) is 4.26. The van der Waals surface area contributed by atoms with E-state index in [4.69, 9.17) is 24.5 Å². The molecule has 1 aliphatic heterocycles. The first-order valence-electron chi connectivity index (χ1n) is 8.12. The molecule has 0 aliphatic carbocycles. The normalized spacial score (nSPS) is 27.2. The molecule has 2 aromatic rings. The van der Waals surface area contributed by atoms with Crippen LogP contribution in [-0.4, -0.2) is 74.3 Å². The van der Waals surface area contributed by atoms with Crippen LogP contribution in [-0.2, 0) is 23.3 Å². The zero-order chi connectivity index (χ0) is 19.6. The molecule has 3 rings (SSSR count). The number of nitrogen functional groups attached to an aromatic ring is 1. The quantitative estimate of drug-likeness (QED) is 0.499. The Balaban J connectivity index is 1.96. The van der Waals surface area contributed by atoms with Crippen LogP contribution in [0.1, 0.15) is 13.2 Å². The predicted molar refractivity (Wildman–Crippen MR) is 91.6 cm³/mol. The van der Waals surface area contributed by atoms with E-state index < -0.39 is 39.4 Å². The molecule has 0 amide bonds. The van der Waals surface area contributed by atoms with Gasteiger partial charge in [0.15, 0.2) is 23.8 Å². The first-order valence-corrected chi connectivity index (χ1v) is 9.26. The van der Waals surface area contributed by atoms with Gasteiger partial charge in [0.1, 0.15) is 24.1 Å². The summed E-state index contributed by atoms with van der Waals surface area (Å²) in [5.74, 6) is 0.201. The highest BCUT2D eigenvalue weighted by atomic mass is 31.1. The van der Waals surface area contributed by atoms with Crippen LogP contribution in [0.4, 0.5) is 5.82 Å². The largest absolute Gasteiger partial charge is 0.695 e. The number of nitrogens with zero attached hydrogens (tertiary/aromatic N) is 4. The van der Waals surface area contributed by atoms with Gasteiger partial charge in [-0.1, -0.05) is 0 Å². The maximum Gasteiger partial charge on any atom is 0.695 e. The molecule has 2 unspecified atom stereocenters. The lowest BCUT2D eigenvalue weighted by Gasteiger charge is -2.23. The molecule has 3 heterocycles. The average molecular weight is 402 g/mol. The van der Waals surface area contributed by atoms with Gasteiger partial charge in [0.25, 0.3) is 0 Å². The third kappa shape index (κ3) is 4.06. The van der Waals surface area contributed by atoms with Crippen LogP contribution in [0.25, 0.3) is 11.2 Å². The summed E-state index contributed by atoms with van der Waals surface area (Å²) in [5.41, 5.74) is 6.59. The number of ether oxygens (including phenoxy) is 3. The minimum Gasteiger partial charge on any atom is -0.394 e. The van der Waals surface area contributed by atoms with Gasteiger partial charge < -0.3 is 25.1 Å². The van der Waals surface area contributed by atoms with Crippen LogP contribution in [0.3, 0.4) is 0 Å². The first kappa shape index (κ1) is 20.0. The Hall–Kier alpha value is -1.79. The number of aliphatic hydroxyl groups excluding tert-OH is 1. The van der Waals surface area contributed by atoms with E-state index in [-0.39, 0.29) is 18.5 Å². The van der Waals surface area contributed by atoms with Crippen molar-refractivity contribution in [3.05, 3.63) is 12.7 Å². The number of rotatable bonds is 8. The van der Waals surface area contributed by atoms with Gasteiger partial charge in [-0.2, -0.15) is 0 Å². The van der Waals surface area contributed by atoms with Gasteiger partial charge in [0.2, 0.25) is 0 Å². The summed E-state index contributed by atoms with van der Waals surface area (Å²) in [7, 11) is -1.40. The molecule has 0 bridgehead atoms. The van der Waals surface area contributed by atoms with E-state index in [0.717, 1.165) is 0 Å². The molecule has 0 aromatic carbocycles. The topological polar surface area (TPSA) is 164 Å². The van der Waals surface area contributed by atoms with Gasteiger partial charge >= 0.3 is 8.25 Å². The lowest BCUT2D eigenvalue weighted by Crippen LogP contribution is -2.38. The van der Waals surface area contributed by atoms with Crippen molar-refractivity contribution in [1.82, 2.24) is 19.5 Å². The van der Waals surface area contributed by atoms with Crippen LogP contribution < -0.4 is 5.73 Å². The van der Waals surface area contributed by atoms with Crippen LogP contribution in [0.5, 0.6) is 0 Å². The number of hydrogen-bond acceptors (Lipinski definition) is 10. The van der Waals surface area contributed by atoms with Crippen molar-refractivity contribution in [3.63, 3.8) is 0 Å². The van der Waals surface area contributed by atoms with E-state index in [1.54, 1.807) is 11.5 Å². The summed E-state index contributed by atoms with van der Waals surface area (Å²) < 4.78 is 34.8. The van der Waals surface area contributed by atoms with Crippen molar-refractivity contribution < 1.29 is 33.3 Å². The second-order valence-electron chi connectivity index (χ2n) is 5.98. The second-order valence-corrected chi connectivity index (χ2v) is 6.67. The molecule has 12 nitrogen and oxygen atoms in total. The SMILES string of the molecule is CO[C@@H](C)COC1[C@@H](O[P+](=O)O)[C@@H](CO)O[C@H]1n1cnc2c(N)ncnc21. The molecule has 0 saturated carbocycles. The number of fused-ring (bicyclic) bond motifs is 1. The van der Waals surface area contributed by atoms with Crippen LogP contribution in [0, 0.1) is 0 Å². The van der Waals surface area contributed by atoms with Crippen molar-refractivity contribution in [2.45, 2.75) is 37.6 Å². The molecule has 0 spiro atoms. The van der Waals surface area contributed by atoms with Crippen molar-refractivity contribution in [2.75, 3.05) is 26.1 Å². The maximum atomic E-state index is 11.3. The smallest absolute Gasteiger partial charge is 0.394 e. The number of nitrogens with two attached hydrogens (primary N) is 1. The summed E-state index contributed by atoms with van der Waals surface area (Å²) in [4.78, 5) is 21.4. The highest BCUT2D eigenvalue weighted by Crippen LogP contribution is 2.38. The highest BCUT2D eigenvalue weighted by molar-refractivity contribution is 7.32. The van der Waals surface area contributed by atoms with Crippen molar-refractivity contribution in [1.29, 1.82) is 0 Å². The Labute approximate surface area is 155 Å². The monoisotopic (exact) mass is 402 g/mol. The van der Waals surface area contributed by atoms with Crippen molar-refractivity contribution in [2.24, 2.45) is 0 Å². The van der Waals surface area contributed by atoms with Crippen LogP contribution >= 0.6 is 8.25 Å². The molecule has 0 radical (unpaired) electrons. The molecule has 6 atom stereocenters. The molecular weight excluding hydrogens is 381 g/mol. The van der Waals surface area contributed by atoms with E-state index in [1.165, 1.54) is 19.8 Å². The lowest BCUT2D eigenvalue weighted by atomic mass is 10.1. The summed E-state index contributed by atoms with van der Waals surface area (Å²) in [6, 6.07) is 0. The fraction of sp³-hybridized carbons (Fsp3) is 0.643. The predicted octanol–water partition coefficient (Wildman–Crippen LogP) is -0.247. The first-order chi connectivity index (χ1) is 13.0. The van der Waals surface area contributed by atoms with Crippen molar-refractivity contribution in [3.8, 4) is 0 Å². The molecule has 1 aliphatic rings. The molecule has 148 valence electrons. The highest BCUT2D eigenvalue weighted by Gasteiger charge is 2.51. The zero-order valence-electron chi connectivity index (χ0n) is 14.7. The Morgan fingerprint density at radius 3 is 2.85 bits per heavy atom. The Morgan fingerprint density at radius 2 is 2.19 bits per heavy atom. The number of imidazole rings is 1. The van der Waals surface area contributed by atoms with Gasteiger partial charge in [0.05, 0.1) is 25.6 Å². The van der Waals surface area contributed by atoms with Gasteiger partial charge in [-0.05, 0) is 6.92 Å². The summed E-state index contributed by atoms with van der Waals surface area (Å²) in [6.07, 6.45) is -1.04. The molecule has 27 heavy (non-hydrogen) atoms. The van der Waals surface area contributed by atoms with E-state index in [2.05, 4.69) is 15.0 Å². The molecule has 4 N–H and O–H groups in total. The third-order valence-corrected chi connectivity index (χ3v) is 4.69. The summed E-state index contributed by atoms with van der Waals surface area (Å²) in [6.45, 7) is 1.54. The lowest BCUT2D eigenvalue weighted by molar-refractivity contribution is -0.0900. The fourth-order valence-corrected chi connectivity index (χ4v) is 3.32. The second kappa shape index (κ2) is 8.48. The van der Waals surface area contributed by atoms with Crippen molar-refractivity contribution >= 4 is 25.2 Å². The standard InChI is InChI=1S/C14H20N5O7P/c1-7(23-2)4-24-11-10(26-27(21)22)8(3-20)25-14(11)19-6-18-9-12(15)16-5-17-13(9)19/h5-8,10-11,14,20H,3-4H2,1-2H3,(H2-,15,16,17,21,22)/p+1/t7-,8+,10-,11?,14+/m0/s1. The Morgan fingerprint density at radius 1 is 1.41 bits per heavy atom. The number of anilines is 1. The minimum atomic E-state index is -2.94. The maximum absolute atomic E-state index is 11.3. The number of methoxy groups -OCH3 is 1. The van der Waals surface area contributed by atoms with Gasteiger partial charge in [0, 0.05) is 11.7 Å². The number of hydrogen-bond donors (Lipinski definition) is 3. The molecule has 1 saturated heterocycles. The van der Waals surface area contributed by atoms with Gasteiger partial charge in [-0.25, -0.2) is 15.0 Å². The van der Waals surface area contributed by atoms with Crippen LogP contribution in [0.2, 0.25) is 0 Å². The number of aliphatic hydroxyl groups is 1. The number of aromatic nitrogens is 4. The van der Waals surface area contributed by atoms with E-state index >= 15 is 0 Å². The Bertz CT molecular complexity index is 805. The van der Waals surface area contributed by atoms with Gasteiger partial charge in [-0.3, -0.25) is 4.57 Å². The Kier molecular flexibility index (Phi) is 6.27. The van der Waals surface area contributed by atoms with Gasteiger partial charge in [-0.15, -0.1) is 9.42 Å². The summed E-state index contributed by atoms with van der Waals surface area (Å²) in [5, 5.41) is 9.63. The van der Waals surface area contributed by atoms with E-state index in [0.29, 0.717) is 11.2 Å². The molecular formula is C14H21N5O7P+. The molecule has 2 aromatic heterocycles. The zero-order valence-corrected chi connectivity index (χ0v) is 15.6.